The minimum Gasteiger partial charge on any atom is -0.394 e. The lowest BCUT2D eigenvalue weighted by Crippen LogP contribution is -2.50. The number of amides is 1. The third-order valence-corrected chi connectivity index (χ3v) is 10.2. The van der Waals surface area contributed by atoms with Crippen LogP contribution in [0.2, 0.25) is 0 Å². The molecule has 0 saturated carbocycles. The van der Waals surface area contributed by atoms with Gasteiger partial charge < -0.3 is 20.6 Å². The smallest absolute Gasteiger partial charge is 0.220 e. The standard InChI is InChI=1S/C47H87NO4/c1-3-5-7-9-11-13-15-17-19-21-23-25-27-29-31-33-35-37-39-41-45(50)47(52)44(43-49)48-46(51)42-40-38-36-34-32-30-28-26-24-22-20-18-16-14-12-10-8-6-4-2/h12,14,16,18,25,27,33,35,44-45,47,49-50,52H,3-11,13,15,17,19-24,26,28-32,34,36-43H2,1-2H3,(H,48,51)/b14-12-,18-16-,27-25+,35-33+. The summed E-state index contributed by atoms with van der Waals surface area (Å²) in [6.07, 6.45) is 53.6. The third-order valence-electron chi connectivity index (χ3n) is 10.2. The Bertz CT molecular complexity index is 850. The highest BCUT2D eigenvalue weighted by Gasteiger charge is 2.26. The largest absolute Gasteiger partial charge is 0.394 e. The van der Waals surface area contributed by atoms with Crippen LogP contribution in [0.15, 0.2) is 48.6 Å². The number of aliphatic hydroxyl groups is 3. The maximum absolute atomic E-state index is 12.4. The molecule has 52 heavy (non-hydrogen) atoms. The van der Waals surface area contributed by atoms with Crippen molar-refractivity contribution in [2.45, 2.75) is 238 Å². The van der Waals surface area contributed by atoms with Gasteiger partial charge in [0.25, 0.3) is 0 Å². The fourth-order valence-corrected chi connectivity index (χ4v) is 6.64. The molecule has 0 bridgehead atoms. The Hall–Kier alpha value is -1.69. The van der Waals surface area contributed by atoms with Crippen molar-refractivity contribution in [1.29, 1.82) is 0 Å². The molecule has 3 atom stereocenters. The van der Waals surface area contributed by atoms with Crippen LogP contribution in [0.3, 0.4) is 0 Å². The van der Waals surface area contributed by atoms with E-state index in [1.165, 1.54) is 148 Å². The van der Waals surface area contributed by atoms with E-state index in [9.17, 15) is 20.1 Å². The summed E-state index contributed by atoms with van der Waals surface area (Å²) in [5.41, 5.74) is 0. The van der Waals surface area contributed by atoms with Crippen molar-refractivity contribution >= 4 is 5.91 Å². The Morgan fingerprint density at radius 1 is 0.481 bits per heavy atom. The molecule has 0 aliphatic rings. The number of carbonyl (C=O) groups is 1. The molecule has 0 saturated heterocycles. The average Bonchev–Trinajstić information content (AvgIpc) is 3.15. The highest BCUT2D eigenvalue weighted by molar-refractivity contribution is 5.76. The molecule has 0 heterocycles. The van der Waals surface area contributed by atoms with Gasteiger partial charge in [0.2, 0.25) is 5.91 Å². The first-order chi connectivity index (χ1) is 25.6. The number of nitrogens with one attached hydrogen (secondary N) is 1. The SMILES string of the molecule is CCCCC/C=C\C=C/CCCCCCCCCCCCC(=O)NC(CO)C(O)C(O)CCC/C=C/CC/C=C/CCCCCCCCCCCC. The number of aliphatic hydroxyl groups excluding tert-OH is 3. The number of hydrogen-bond acceptors (Lipinski definition) is 4. The quantitative estimate of drug-likeness (QED) is 0.0287. The fourth-order valence-electron chi connectivity index (χ4n) is 6.64. The second-order valence-electron chi connectivity index (χ2n) is 15.3. The molecule has 5 heteroatoms. The van der Waals surface area contributed by atoms with Crippen LogP contribution in [0.1, 0.15) is 219 Å². The molecule has 0 fully saturated rings. The Balaban J connectivity index is 3.71. The van der Waals surface area contributed by atoms with Gasteiger partial charge in [-0.1, -0.05) is 184 Å². The second kappa shape index (κ2) is 42.1. The zero-order chi connectivity index (χ0) is 38.0. The van der Waals surface area contributed by atoms with Crippen LogP contribution in [0.4, 0.5) is 0 Å². The van der Waals surface area contributed by atoms with Crippen molar-refractivity contribution < 1.29 is 20.1 Å². The summed E-state index contributed by atoms with van der Waals surface area (Å²) in [5.74, 6) is -0.163. The van der Waals surface area contributed by atoms with Crippen LogP contribution >= 0.6 is 0 Å². The number of hydrogen-bond donors (Lipinski definition) is 4. The molecule has 304 valence electrons. The molecule has 0 aliphatic carbocycles. The van der Waals surface area contributed by atoms with Crippen LogP contribution in [-0.4, -0.2) is 46.1 Å². The molecule has 4 N–H and O–H groups in total. The van der Waals surface area contributed by atoms with Crippen LogP contribution < -0.4 is 5.32 Å². The molecule has 0 rings (SSSR count). The fraction of sp³-hybridized carbons (Fsp3) is 0.809. The van der Waals surface area contributed by atoms with E-state index >= 15 is 0 Å². The average molecular weight is 730 g/mol. The van der Waals surface area contributed by atoms with Crippen LogP contribution in [0, 0.1) is 0 Å². The molecular weight excluding hydrogens is 643 g/mol. The van der Waals surface area contributed by atoms with Crippen LogP contribution in [0.25, 0.3) is 0 Å². The number of allylic oxidation sites excluding steroid dienone is 8. The van der Waals surface area contributed by atoms with Gasteiger partial charge in [0, 0.05) is 6.42 Å². The first kappa shape index (κ1) is 50.3. The number of carbonyl (C=O) groups excluding carboxylic acids is 1. The van der Waals surface area contributed by atoms with Crippen molar-refractivity contribution in [3.05, 3.63) is 48.6 Å². The van der Waals surface area contributed by atoms with E-state index in [2.05, 4.69) is 67.8 Å². The molecule has 1 amide bonds. The first-order valence-electron chi connectivity index (χ1n) is 22.4. The summed E-state index contributed by atoms with van der Waals surface area (Å²) in [4.78, 5) is 12.4. The summed E-state index contributed by atoms with van der Waals surface area (Å²) < 4.78 is 0. The van der Waals surface area contributed by atoms with E-state index in [0.717, 1.165) is 44.9 Å². The predicted octanol–water partition coefficient (Wildman–Crippen LogP) is 12.9. The summed E-state index contributed by atoms with van der Waals surface area (Å²) in [7, 11) is 0. The molecular formula is C47H87NO4. The van der Waals surface area contributed by atoms with Gasteiger partial charge in [-0.3, -0.25) is 4.79 Å². The topological polar surface area (TPSA) is 89.8 Å². The molecule has 0 aromatic heterocycles. The van der Waals surface area contributed by atoms with Crippen LogP contribution in [0.5, 0.6) is 0 Å². The van der Waals surface area contributed by atoms with Gasteiger partial charge in [0.05, 0.1) is 18.8 Å². The minimum atomic E-state index is -1.17. The lowest BCUT2D eigenvalue weighted by molar-refractivity contribution is -0.124. The van der Waals surface area contributed by atoms with Crippen molar-refractivity contribution in [1.82, 2.24) is 5.32 Å². The van der Waals surface area contributed by atoms with E-state index < -0.39 is 18.2 Å². The van der Waals surface area contributed by atoms with Gasteiger partial charge in [-0.2, -0.15) is 0 Å². The Labute approximate surface area is 323 Å². The highest BCUT2D eigenvalue weighted by atomic mass is 16.3. The molecule has 0 radical (unpaired) electrons. The van der Waals surface area contributed by atoms with E-state index in [4.69, 9.17) is 0 Å². The number of rotatable bonds is 40. The molecule has 0 aliphatic heterocycles. The van der Waals surface area contributed by atoms with Gasteiger partial charge in [-0.05, 0) is 77.0 Å². The van der Waals surface area contributed by atoms with E-state index in [1.807, 2.05) is 0 Å². The Kier molecular flexibility index (Phi) is 40.7. The van der Waals surface area contributed by atoms with Crippen molar-refractivity contribution in [2.24, 2.45) is 0 Å². The Morgan fingerprint density at radius 3 is 1.33 bits per heavy atom. The summed E-state index contributed by atoms with van der Waals surface area (Å²) in [6.45, 7) is 4.13. The predicted molar refractivity (Wildman–Crippen MR) is 227 cm³/mol. The summed E-state index contributed by atoms with van der Waals surface area (Å²) in [6, 6.07) is -0.835. The third kappa shape index (κ3) is 36.7. The van der Waals surface area contributed by atoms with Crippen molar-refractivity contribution in [3.63, 3.8) is 0 Å². The van der Waals surface area contributed by atoms with Gasteiger partial charge in [0.15, 0.2) is 0 Å². The summed E-state index contributed by atoms with van der Waals surface area (Å²) in [5, 5.41) is 33.5. The van der Waals surface area contributed by atoms with E-state index in [1.54, 1.807) is 0 Å². The van der Waals surface area contributed by atoms with E-state index in [-0.39, 0.29) is 12.5 Å². The number of unbranched alkanes of at least 4 members (excludes halogenated alkanes) is 25. The van der Waals surface area contributed by atoms with E-state index in [0.29, 0.717) is 12.8 Å². The lowest BCUT2D eigenvalue weighted by Gasteiger charge is -2.26. The first-order valence-corrected chi connectivity index (χ1v) is 22.4. The van der Waals surface area contributed by atoms with Crippen LogP contribution in [-0.2, 0) is 4.79 Å². The maximum atomic E-state index is 12.4. The molecule has 0 aromatic carbocycles. The van der Waals surface area contributed by atoms with Crippen molar-refractivity contribution in [3.8, 4) is 0 Å². The monoisotopic (exact) mass is 730 g/mol. The minimum absolute atomic E-state index is 0.163. The van der Waals surface area contributed by atoms with Gasteiger partial charge in [-0.25, -0.2) is 0 Å². The van der Waals surface area contributed by atoms with Gasteiger partial charge >= 0.3 is 0 Å². The van der Waals surface area contributed by atoms with Gasteiger partial charge in [-0.15, -0.1) is 0 Å². The molecule has 0 aromatic rings. The maximum Gasteiger partial charge on any atom is 0.220 e. The zero-order valence-corrected chi connectivity index (χ0v) is 34.4. The zero-order valence-electron chi connectivity index (χ0n) is 34.4. The molecule has 0 spiro atoms. The lowest BCUT2D eigenvalue weighted by atomic mass is 10.0. The second-order valence-corrected chi connectivity index (χ2v) is 15.3. The normalized spacial score (nSPS) is 14.0. The highest BCUT2D eigenvalue weighted by Crippen LogP contribution is 2.14. The van der Waals surface area contributed by atoms with Gasteiger partial charge in [0.1, 0.15) is 6.10 Å². The van der Waals surface area contributed by atoms with Crippen molar-refractivity contribution in [2.75, 3.05) is 6.61 Å². The Morgan fingerprint density at radius 2 is 0.846 bits per heavy atom. The molecule has 5 nitrogen and oxygen atoms in total. The molecule has 3 unspecified atom stereocenters. The summed E-state index contributed by atoms with van der Waals surface area (Å²) >= 11 is 0.